The molecule has 10 heteroatoms. The van der Waals surface area contributed by atoms with Crippen LogP contribution in [0.3, 0.4) is 0 Å². The summed E-state index contributed by atoms with van der Waals surface area (Å²) in [5, 5.41) is 2.66. The molecule has 3 heterocycles. The van der Waals surface area contributed by atoms with E-state index in [4.69, 9.17) is 9.47 Å². The molecule has 8 nitrogen and oxygen atoms in total. The van der Waals surface area contributed by atoms with Gasteiger partial charge >= 0.3 is 6.09 Å². The number of fused-ring (bicyclic) bond motifs is 1. The van der Waals surface area contributed by atoms with Gasteiger partial charge in [0.05, 0.1) is 24.0 Å². The van der Waals surface area contributed by atoms with Gasteiger partial charge in [-0.2, -0.15) is 0 Å². The van der Waals surface area contributed by atoms with Gasteiger partial charge in [0.2, 0.25) is 0 Å². The highest BCUT2D eigenvalue weighted by Crippen LogP contribution is 2.29. The number of rotatable bonds is 9. The van der Waals surface area contributed by atoms with Gasteiger partial charge in [0, 0.05) is 36.9 Å². The summed E-state index contributed by atoms with van der Waals surface area (Å²) in [5.74, 6) is -0.119. The standard InChI is InChI=1S/C30H36N4O4S2/c1-30(2,3)38-29(36)33(4)16-14-25(26-13-9-17-40-26)37-20-21-10-8-11-22(18-21)34-15-7-6-12-24-23(27(34)35)19-31-28(32-24)39-5/h6,8-13,17-19,25H,7,14-16,20H2,1-5H3/b12-6-. The maximum absolute atomic E-state index is 13.5. The average molecular weight is 581 g/mol. The Bertz CT molecular complexity index is 1340. The number of aromatic nitrogens is 2. The molecule has 40 heavy (non-hydrogen) atoms. The number of carbonyl (C=O) groups excluding carboxylic acids is 2. The minimum Gasteiger partial charge on any atom is -0.444 e. The normalized spacial score (nSPS) is 15.1. The van der Waals surface area contributed by atoms with Gasteiger partial charge in [0.15, 0.2) is 5.16 Å². The highest BCUT2D eigenvalue weighted by molar-refractivity contribution is 7.98. The number of carbonyl (C=O) groups is 2. The minimum atomic E-state index is -0.545. The molecule has 0 bridgehead atoms. The molecule has 0 spiro atoms. The summed E-state index contributed by atoms with van der Waals surface area (Å²) in [6.07, 6.45) is 8.29. The van der Waals surface area contributed by atoms with Crippen molar-refractivity contribution in [1.82, 2.24) is 14.9 Å². The Morgan fingerprint density at radius 3 is 2.80 bits per heavy atom. The molecule has 212 valence electrons. The van der Waals surface area contributed by atoms with Crippen LogP contribution in [0.15, 0.2) is 59.2 Å². The lowest BCUT2D eigenvalue weighted by Crippen LogP contribution is -2.35. The molecule has 0 radical (unpaired) electrons. The molecule has 0 saturated heterocycles. The summed E-state index contributed by atoms with van der Waals surface area (Å²) in [4.78, 5) is 39.3. The van der Waals surface area contributed by atoms with Crippen molar-refractivity contribution in [3.05, 3.63) is 75.7 Å². The number of ether oxygens (including phenoxy) is 2. The Labute approximate surface area is 244 Å². The summed E-state index contributed by atoms with van der Waals surface area (Å²) >= 11 is 3.08. The number of anilines is 1. The number of hydrogen-bond acceptors (Lipinski definition) is 8. The zero-order chi connectivity index (χ0) is 28.7. The SMILES string of the molecule is CSc1ncc2c(n1)/C=C\CCN(c1cccc(COC(CCN(C)C(=O)OC(C)(C)C)c3cccs3)c1)C2=O. The summed E-state index contributed by atoms with van der Waals surface area (Å²) in [5.41, 5.74) is 2.35. The van der Waals surface area contributed by atoms with Crippen molar-refractivity contribution in [2.45, 2.75) is 57.1 Å². The molecule has 3 aromatic rings. The fraction of sp³-hybridized carbons (Fsp3) is 0.400. The number of thioether (sulfide) groups is 1. The van der Waals surface area contributed by atoms with Gasteiger partial charge in [-0.3, -0.25) is 4.79 Å². The number of hydrogen-bond donors (Lipinski definition) is 0. The van der Waals surface area contributed by atoms with E-state index in [0.717, 1.165) is 22.5 Å². The maximum atomic E-state index is 13.5. The lowest BCUT2D eigenvalue weighted by Gasteiger charge is -2.26. The van der Waals surface area contributed by atoms with Crippen LogP contribution in [0.4, 0.5) is 10.5 Å². The molecule has 0 saturated carbocycles. The summed E-state index contributed by atoms with van der Waals surface area (Å²) in [6, 6.07) is 11.9. The number of nitrogens with zero attached hydrogens (tertiary/aromatic N) is 4. The van der Waals surface area contributed by atoms with Gasteiger partial charge in [-0.15, -0.1) is 11.3 Å². The molecule has 4 rings (SSSR count). The summed E-state index contributed by atoms with van der Waals surface area (Å²) < 4.78 is 11.9. The third-order valence-electron chi connectivity index (χ3n) is 6.22. The van der Waals surface area contributed by atoms with Crippen LogP contribution in [0, 0.1) is 0 Å². The second-order valence-corrected chi connectivity index (χ2v) is 12.2. The molecule has 2 amide bonds. The zero-order valence-corrected chi connectivity index (χ0v) is 25.3. The van der Waals surface area contributed by atoms with E-state index in [1.165, 1.54) is 11.8 Å². The Hall–Kier alpha value is -3.21. The molecular weight excluding hydrogens is 544 g/mol. The molecule has 1 aliphatic heterocycles. The van der Waals surface area contributed by atoms with Crippen LogP contribution >= 0.6 is 23.1 Å². The highest BCUT2D eigenvalue weighted by Gasteiger charge is 2.24. The monoisotopic (exact) mass is 580 g/mol. The van der Waals surface area contributed by atoms with Gasteiger partial charge in [-0.1, -0.05) is 36.0 Å². The third kappa shape index (κ3) is 7.93. The first-order chi connectivity index (χ1) is 19.1. The van der Waals surface area contributed by atoms with Gasteiger partial charge < -0.3 is 19.3 Å². The van der Waals surface area contributed by atoms with Crippen molar-refractivity contribution >= 4 is 46.9 Å². The lowest BCUT2D eigenvalue weighted by atomic mass is 10.1. The van der Waals surface area contributed by atoms with Crippen LogP contribution in [0.25, 0.3) is 6.08 Å². The number of amides is 2. The van der Waals surface area contributed by atoms with Crippen LogP contribution in [-0.4, -0.2) is 58.9 Å². The Kier molecular flexibility index (Phi) is 9.99. The highest BCUT2D eigenvalue weighted by atomic mass is 32.2. The predicted octanol–water partition coefficient (Wildman–Crippen LogP) is 6.84. The second kappa shape index (κ2) is 13.4. The Morgan fingerprint density at radius 1 is 1.25 bits per heavy atom. The van der Waals surface area contributed by atoms with Gasteiger partial charge in [0.25, 0.3) is 5.91 Å². The first-order valence-corrected chi connectivity index (χ1v) is 15.3. The smallest absolute Gasteiger partial charge is 0.410 e. The zero-order valence-electron chi connectivity index (χ0n) is 23.6. The minimum absolute atomic E-state index is 0.119. The first-order valence-electron chi connectivity index (χ1n) is 13.2. The topological polar surface area (TPSA) is 84.9 Å². The quantitative estimate of drug-likeness (QED) is 0.202. The maximum Gasteiger partial charge on any atom is 0.410 e. The van der Waals surface area contributed by atoms with Crippen LogP contribution in [0.1, 0.15) is 66.2 Å². The van der Waals surface area contributed by atoms with Crippen molar-refractivity contribution in [3.63, 3.8) is 0 Å². The Morgan fingerprint density at radius 2 is 2.08 bits per heavy atom. The van der Waals surface area contributed by atoms with Gasteiger partial charge in [-0.05, 0) is 75.1 Å². The largest absolute Gasteiger partial charge is 0.444 e. The second-order valence-electron chi connectivity index (χ2n) is 10.5. The van der Waals surface area contributed by atoms with E-state index in [2.05, 4.69) is 9.97 Å². The molecule has 2 aromatic heterocycles. The molecule has 1 aliphatic rings. The van der Waals surface area contributed by atoms with E-state index in [1.54, 1.807) is 34.4 Å². The third-order valence-corrected chi connectivity index (χ3v) is 7.74. The summed E-state index contributed by atoms with van der Waals surface area (Å²) in [6.45, 7) is 6.98. The van der Waals surface area contributed by atoms with Crippen LogP contribution in [0.2, 0.25) is 0 Å². The fourth-order valence-electron chi connectivity index (χ4n) is 4.20. The van der Waals surface area contributed by atoms with Crippen molar-refractivity contribution < 1.29 is 19.1 Å². The first kappa shape index (κ1) is 29.8. The van der Waals surface area contributed by atoms with Crippen molar-refractivity contribution in [2.24, 2.45) is 0 Å². The van der Waals surface area contributed by atoms with E-state index in [9.17, 15) is 9.59 Å². The molecule has 1 atom stereocenters. The van der Waals surface area contributed by atoms with Crippen molar-refractivity contribution in [2.75, 3.05) is 31.3 Å². The molecule has 0 N–H and O–H groups in total. The molecular formula is C30H36N4O4S2. The molecule has 0 aliphatic carbocycles. The van der Waals surface area contributed by atoms with E-state index < -0.39 is 5.60 Å². The van der Waals surface area contributed by atoms with Crippen LogP contribution < -0.4 is 4.90 Å². The van der Waals surface area contributed by atoms with Gasteiger partial charge in [0.1, 0.15) is 5.60 Å². The molecule has 0 fully saturated rings. The van der Waals surface area contributed by atoms with Crippen LogP contribution in [-0.2, 0) is 16.1 Å². The predicted molar refractivity (Wildman–Crippen MR) is 161 cm³/mol. The lowest BCUT2D eigenvalue weighted by molar-refractivity contribution is 0.0148. The van der Waals surface area contributed by atoms with Crippen LogP contribution in [0.5, 0.6) is 0 Å². The molecule has 1 unspecified atom stereocenters. The van der Waals surface area contributed by atoms with Gasteiger partial charge in [-0.25, -0.2) is 14.8 Å². The fourth-order valence-corrected chi connectivity index (χ4v) is 5.35. The van der Waals surface area contributed by atoms with Crippen molar-refractivity contribution in [3.8, 4) is 0 Å². The number of benzene rings is 1. The number of thiophene rings is 1. The van der Waals surface area contributed by atoms with E-state index in [-0.39, 0.29) is 18.1 Å². The van der Waals surface area contributed by atoms with E-state index in [1.807, 2.05) is 81.0 Å². The average Bonchev–Trinajstić information content (AvgIpc) is 3.45. The van der Waals surface area contributed by atoms with E-state index in [0.29, 0.717) is 42.5 Å². The Balaban J connectivity index is 1.46. The molecule has 1 aromatic carbocycles. The van der Waals surface area contributed by atoms with Crippen molar-refractivity contribution in [1.29, 1.82) is 0 Å². The van der Waals surface area contributed by atoms with E-state index >= 15 is 0 Å². The summed E-state index contributed by atoms with van der Waals surface area (Å²) in [7, 11) is 1.74.